The Bertz CT molecular complexity index is 401. The van der Waals surface area contributed by atoms with E-state index in [2.05, 4.69) is 6.08 Å². The van der Waals surface area contributed by atoms with Gasteiger partial charge in [-0.1, -0.05) is 12.1 Å². The van der Waals surface area contributed by atoms with E-state index in [9.17, 15) is 0 Å². The highest BCUT2D eigenvalue weighted by molar-refractivity contribution is 5.59. The zero-order valence-electron chi connectivity index (χ0n) is 8.36. The molecule has 2 aliphatic heterocycles. The van der Waals surface area contributed by atoms with Gasteiger partial charge in [-0.3, -0.25) is 0 Å². The van der Waals surface area contributed by atoms with Gasteiger partial charge in [-0.2, -0.15) is 0 Å². The summed E-state index contributed by atoms with van der Waals surface area (Å²) in [5, 5.41) is 0. The molecule has 0 radical (unpaired) electrons. The van der Waals surface area contributed by atoms with E-state index in [0.29, 0.717) is 6.79 Å². The molecular formula is C12H12O3. The molecule has 0 N–H and O–H groups in total. The molecule has 1 aromatic rings. The summed E-state index contributed by atoms with van der Waals surface area (Å²) in [6.07, 6.45) is 3.20. The Morgan fingerprint density at radius 1 is 1.13 bits per heavy atom. The number of rotatable bonds is 1. The van der Waals surface area contributed by atoms with E-state index in [1.54, 1.807) is 0 Å². The zero-order chi connectivity index (χ0) is 10.1. The lowest BCUT2D eigenvalue weighted by Crippen LogP contribution is -1.92. The molecule has 2 aliphatic rings. The monoisotopic (exact) mass is 204 g/mol. The largest absolute Gasteiger partial charge is 0.454 e. The average Bonchev–Trinajstić information content (AvgIpc) is 2.87. The smallest absolute Gasteiger partial charge is 0.231 e. The lowest BCUT2D eigenvalue weighted by Gasteiger charge is -1.99. The Balaban J connectivity index is 1.89. The summed E-state index contributed by atoms with van der Waals surface area (Å²) in [6, 6.07) is 6.00. The Morgan fingerprint density at radius 3 is 2.93 bits per heavy atom. The first-order valence-corrected chi connectivity index (χ1v) is 5.09. The van der Waals surface area contributed by atoms with E-state index in [1.165, 1.54) is 5.57 Å². The summed E-state index contributed by atoms with van der Waals surface area (Å²) >= 11 is 0. The maximum Gasteiger partial charge on any atom is 0.231 e. The fourth-order valence-corrected chi connectivity index (χ4v) is 1.83. The molecule has 0 saturated carbocycles. The van der Waals surface area contributed by atoms with Crippen molar-refractivity contribution in [2.45, 2.75) is 6.42 Å². The van der Waals surface area contributed by atoms with Gasteiger partial charge in [-0.15, -0.1) is 0 Å². The molecule has 2 heterocycles. The molecule has 78 valence electrons. The summed E-state index contributed by atoms with van der Waals surface area (Å²) in [5.41, 5.74) is 2.49. The third-order valence-electron chi connectivity index (χ3n) is 2.62. The van der Waals surface area contributed by atoms with Crippen LogP contribution in [-0.2, 0) is 4.74 Å². The van der Waals surface area contributed by atoms with Crippen molar-refractivity contribution in [1.29, 1.82) is 0 Å². The third-order valence-corrected chi connectivity index (χ3v) is 2.62. The Labute approximate surface area is 88.3 Å². The number of benzene rings is 1. The molecule has 3 nitrogen and oxygen atoms in total. The topological polar surface area (TPSA) is 27.7 Å². The van der Waals surface area contributed by atoms with Gasteiger partial charge in [-0.05, 0) is 29.7 Å². The highest BCUT2D eigenvalue weighted by Gasteiger charge is 2.13. The normalized spacial score (nSPS) is 21.2. The van der Waals surface area contributed by atoms with Crippen LogP contribution in [0.15, 0.2) is 23.8 Å². The van der Waals surface area contributed by atoms with Crippen molar-refractivity contribution in [1.82, 2.24) is 0 Å². The molecule has 3 rings (SSSR count). The van der Waals surface area contributed by atoms with Gasteiger partial charge in [0.1, 0.15) is 0 Å². The van der Waals surface area contributed by atoms with Crippen LogP contribution in [0.5, 0.6) is 11.5 Å². The van der Waals surface area contributed by atoms with E-state index >= 15 is 0 Å². The van der Waals surface area contributed by atoms with Gasteiger partial charge >= 0.3 is 0 Å². The first-order valence-electron chi connectivity index (χ1n) is 5.09. The van der Waals surface area contributed by atoms with Crippen LogP contribution >= 0.6 is 0 Å². The Hall–Kier alpha value is -1.48. The second kappa shape index (κ2) is 3.59. The average molecular weight is 204 g/mol. The van der Waals surface area contributed by atoms with Gasteiger partial charge in [0.05, 0.1) is 13.2 Å². The molecule has 0 aliphatic carbocycles. The third kappa shape index (κ3) is 1.70. The Morgan fingerprint density at radius 2 is 2.07 bits per heavy atom. The predicted molar refractivity (Wildman–Crippen MR) is 56.0 cm³/mol. The minimum atomic E-state index is 0.332. The molecule has 0 bridgehead atoms. The van der Waals surface area contributed by atoms with Crippen LogP contribution in [0.3, 0.4) is 0 Å². The predicted octanol–water partition coefficient (Wildman–Crippen LogP) is 2.22. The SMILES string of the molecule is C(=C1\CCOC1)/c1ccc2c(c1)OCO2. The molecule has 0 atom stereocenters. The first kappa shape index (κ1) is 8.80. The van der Waals surface area contributed by atoms with Crippen molar-refractivity contribution < 1.29 is 14.2 Å². The summed E-state index contributed by atoms with van der Waals surface area (Å²) in [6.45, 7) is 1.93. The van der Waals surface area contributed by atoms with Crippen molar-refractivity contribution >= 4 is 6.08 Å². The van der Waals surface area contributed by atoms with Crippen LogP contribution in [0, 0.1) is 0 Å². The van der Waals surface area contributed by atoms with Gasteiger partial charge in [0.25, 0.3) is 0 Å². The number of hydrogen-bond acceptors (Lipinski definition) is 3. The van der Waals surface area contributed by atoms with Crippen LogP contribution in [0.1, 0.15) is 12.0 Å². The molecule has 0 unspecified atom stereocenters. The molecule has 15 heavy (non-hydrogen) atoms. The van der Waals surface area contributed by atoms with Crippen LogP contribution < -0.4 is 9.47 Å². The molecule has 0 spiro atoms. The van der Waals surface area contributed by atoms with Gasteiger partial charge in [-0.25, -0.2) is 0 Å². The fourth-order valence-electron chi connectivity index (χ4n) is 1.83. The van der Waals surface area contributed by atoms with E-state index in [1.807, 2.05) is 18.2 Å². The van der Waals surface area contributed by atoms with Crippen LogP contribution in [0.2, 0.25) is 0 Å². The molecule has 0 aromatic heterocycles. The highest BCUT2D eigenvalue weighted by Crippen LogP contribution is 2.33. The van der Waals surface area contributed by atoms with Crippen LogP contribution in [0.4, 0.5) is 0 Å². The summed E-state index contributed by atoms with van der Waals surface area (Å²) in [7, 11) is 0. The standard InChI is InChI=1S/C12H12O3/c1-2-11-12(15-8-14-11)6-9(1)5-10-3-4-13-7-10/h1-2,5-6H,3-4,7-8H2/b10-5-. The second-order valence-electron chi connectivity index (χ2n) is 3.72. The van der Waals surface area contributed by atoms with Crippen LogP contribution in [-0.4, -0.2) is 20.0 Å². The van der Waals surface area contributed by atoms with Crippen LogP contribution in [0.25, 0.3) is 6.08 Å². The lowest BCUT2D eigenvalue weighted by atomic mass is 10.1. The lowest BCUT2D eigenvalue weighted by molar-refractivity contribution is 0.174. The van der Waals surface area contributed by atoms with Crippen molar-refractivity contribution in [3.63, 3.8) is 0 Å². The fraction of sp³-hybridized carbons (Fsp3) is 0.333. The number of fused-ring (bicyclic) bond motifs is 1. The minimum Gasteiger partial charge on any atom is -0.454 e. The van der Waals surface area contributed by atoms with E-state index < -0.39 is 0 Å². The van der Waals surface area contributed by atoms with Gasteiger partial charge in [0.15, 0.2) is 11.5 Å². The van der Waals surface area contributed by atoms with Crippen molar-refractivity contribution in [2.75, 3.05) is 20.0 Å². The van der Waals surface area contributed by atoms with Gasteiger partial charge in [0, 0.05) is 0 Å². The van der Waals surface area contributed by atoms with E-state index in [-0.39, 0.29) is 0 Å². The molecule has 1 saturated heterocycles. The Kier molecular flexibility index (Phi) is 2.10. The summed E-state index contributed by atoms with van der Waals surface area (Å²) in [5.74, 6) is 1.67. The highest BCUT2D eigenvalue weighted by atomic mass is 16.7. The molecule has 0 amide bonds. The zero-order valence-corrected chi connectivity index (χ0v) is 8.36. The van der Waals surface area contributed by atoms with Gasteiger partial charge < -0.3 is 14.2 Å². The maximum atomic E-state index is 5.32. The summed E-state index contributed by atoms with van der Waals surface area (Å²) in [4.78, 5) is 0. The minimum absolute atomic E-state index is 0.332. The van der Waals surface area contributed by atoms with Crippen molar-refractivity contribution in [3.05, 3.63) is 29.3 Å². The molecule has 1 aromatic carbocycles. The number of hydrogen-bond donors (Lipinski definition) is 0. The molecular weight excluding hydrogens is 192 g/mol. The second-order valence-corrected chi connectivity index (χ2v) is 3.72. The van der Waals surface area contributed by atoms with E-state index in [4.69, 9.17) is 14.2 Å². The van der Waals surface area contributed by atoms with E-state index in [0.717, 1.165) is 36.7 Å². The molecule has 3 heteroatoms. The van der Waals surface area contributed by atoms with Crippen molar-refractivity contribution in [2.24, 2.45) is 0 Å². The quantitative estimate of drug-likeness (QED) is 0.702. The van der Waals surface area contributed by atoms with Gasteiger partial charge in [0.2, 0.25) is 6.79 Å². The van der Waals surface area contributed by atoms with Crippen molar-refractivity contribution in [3.8, 4) is 11.5 Å². The molecule has 1 fully saturated rings. The first-order chi connectivity index (χ1) is 7.42. The maximum absolute atomic E-state index is 5.32. The number of ether oxygens (including phenoxy) is 3. The summed E-state index contributed by atoms with van der Waals surface area (Å²) < 4.78 is 15.9.